The molecule has 24 heavy (non-hydrogen) atoms. The fourth-order valence-corrected chi connectivity index (χ4v) is 2.13. The number of hydrogen-bond acceptors (Lipinski definition) is 5. The molecule has 0 aliphatic heterocycles. The van der Waals surface area contributed by atoms with Crippen LogP contribution in [-0.4, -0.2) is 39.9 Å². The number of nitrogens with zero attached hydrogens (tertiary/aromatic N) is 3. The van der Waals surface area contributed by atoms with Crippen molar-refractivity contribution in [2.75, 3.05) is 18.4 Å². The minimum Gasteiger partial charge on any atom is -0.339 e. The molecule has 1 N–H and O–H groups in total. The summed E-state index contributed by atoms with van der Waals surface area (Å²) in [6.45, 7) is 9.87. The lowest BCUT2D eigenvalue weighted by molar-refractivity contribution is -0.142. The van der Waals surface area contributed by atoms with Crippen molar-refractivity contribution in [1.82, 2.24) is 15.0 Å². The summed E-state index contributed by atoms with van der Waals surface area (Å²) in [5.74, 6) is -0.416. The van der Waals surface area contributed by atoms with E-state index in [2.05, 4.69) is 22.0 Å². The van der Waals surface area contributed by atoms with Gasteiger partial charge in [0.05, 0.1) is 0 Å². The Morgan fingerprint density at radius 3 is 2.71 bits per heavy atom. The minimum absolute atomic E-state index is 0.352. The van der Waals surface area contributed by atoms with Crippen molar-refractivity contribution in [2.45, 2.75) is 20.8 Å². The maximum Gasteiger partial charge on any atom is 0.313 e. The van der Waals surface area contributed by atoms with Gasteiger partial charge in [-0.1, -0.05) is 29.4 Å². The zero-order valence-electron chi connectivity index (χ0n) is 14.0. The number of carbonyl (C=O) groups is 2. The molecular formula is C17H20N4O3. The molecule has 0 radical (unpaired) electrons. The number of hydrogen-bond donors (Lipinski definition) is 1. The molecule has 1 aromatic heterocycles. The molecule has 0 saturated heterocycles. The Morgan fingerprint density at radius 2 is 2.12 bits per heavy atom. The second-order valence-corrected chi connectivity index (χ2v) is 5.45. The molecular weight excluding hydrogens is 308 g/mol. The van der Waals surface area contributed by atoms with Crippen molar-refractivity contribution in [3.63, 3.8) is 0 Å². The van der Waals surface area contributed by atoms with Gasteiger partial charge in [-0.15, -0.1) is 0 Å². The Kier molecular flexibility index (Phi) is 5.47. The Hall–Kier alpha value is -2.96. The summed E-state index contributed by atoms with van der Waals surface area (Å²) < 4.78 is 4.94. The van der Waals surface area contributed by atoms with Gasteiger partial charge in [0.25, 0.3) is 0 Å². The van der Waals surface area contributed by atoms with E-state index in [0.717, 1.165) is 5.57 Å². The summed E-state index contributed by atoms with van der Waals surface area (Å²) in [6.07, 6.45) is 0. The maximum absolute atomic E-state index is 12.2. The van der Waals surface area contributed by atoms with E-state index >= 15 is 0 Å². The van der Waals surface area contributed by atoms with Gasteiger partial charge in [-0.05, 0) is 26.0 Å². The summed E-state index contributed by atoms with van der Waals surface area (Å²) in [6, 6.07) is 6.91. The number of nitrogens with one attached hydrogen (secondary N) is 1. The van der Waals surface area contributed by atoms with Crippen LogP contribution in [0.3, 0.4) is 0 Å². The van der Waals surface area contributed by atoms with E-state index in [-0.39, 0.29) is 0 Å². The van der Waals surface area contributed by atoms with Crippen LogP contribution in [0.25, 0.3) is 11.4 Å². The fourth-order valence-electron chi connectivity index (χ4n) is 2.13. The van der Waals surface area contributed by atoms with Crippen LogP contribution in [0.1, 0.15) is 19.7 Å². The number of likely N-dealkylation sites (N-methyl/N-ethyl adjacent to an activating group) is 1. The lowest BCUT2D eigenvalue weighted by Crippen LogP contribution is -2.40. The van der Waals surface area contributed by atoms with E-state index in [1.807, 2.05) is 13.8 Å². The molecule has 7 heteroatoms. The number of benzene rings is 1. The first kappa shape index (κ1) is 17.4. The largest absolute Gasteiger partial charge is 0.339 e. The predicted molar refractivity (Wildman–Crippen MR) is 90.2 cm³/mol. The SMILES string of the molecule is C=C(C)CN(CC)C(=O)C(=O)Nc1cccc(-c2noc(C)n2)c1. The molecule has 0 fully saturated rings. The van der Waals surface area contributed by atoms with Crippen LogP contribution in [0, 0.1) is 6.92 Å². The summed E-state index contributed by atoms with van der Waals surface area (Å²) in [5.41, 5.74) is 1.98. The number of amides is 2. The molecule has 2 rings (SSSR count). The van der Waals surface area contributed by atoms with Crippen LogP contribution in [0.2, 0.25) is 0 Å². The Morgan fingerprint density at radius 1 is 1.38 bits per heavy atom. The van der Waals surface area contributed by atoms with Gasteiger partial charge in [0, 0.05) is 31.3 Å². The van der Waals surface area contributed by atoms with E-state index in [1.54, 1.807) is 31.2 Å². The maximum atomic E-state index is 12.2. The first-order valence-corrected chi connectivity index (χ1v) is 7.56. The van der Waals surface area contributed by atoms with Gasteiger partial charge in [-0.2, -0.15) is 4.98 Å². The molecule has 0 aliphatic carbocycles. The van der Waals surface area contributed by atoms with Crippen LogP contribution in [0.5, 0.6) is 0 Å². The molecule has 0 bridgehead atoms. The molecule has 126 valence electrons. The predicted octanol–water partition coefficient (Wildman–Crippen LogP) is 2.41. The molecule has 0 spiro atoms. The summed E-state index contributed by atoms with van der Waals surface area (Å²) in [4.78, 5) is 29.9. The fraction of sp³-hybridized carbons (Fsp3) is 0.294. The second kappa shape index (κ2) is 7.54. The van der Waals surface area contributed by atoms with Crippen molar-refractivity contribution in [2.24, 2.45) is 0 Å². The molecule has 0 atom stereocenters. The standard InChI is InChI=1S/C17H20N4O3/c1-5-21(10-11(2)3)17(23)16(22)19-14-8-6-7-13(9-14)15-18-12(4)24-20-15/h6-9H,2,5,10H2,1,3-4H3,(H,19,22). The van der Waals surface area contributed by atoms with E-state index in [9.17, 15) is 9.59 Å². The molecule has 0 saturated carbocycles. The molecule has 1 aromatic carbocycles. The van der Waals surface area contributed by atoms with E-state index in [4.69, 9.17) is 4.52 Å². The lowest BCUT2D eigenvalue weighted by atomic mass is 10.2. The number of aryl methyl sites for hydroxylation is 1. The number of carbonyl (C=O) groups excluding carboxylic acids is 2. The van der Waals surface area contributed by atoms with Crippen molar-refractivity contribution >= 4 is 17.5 Å². The average molecular weight is 328 g/mol. The number of anilines is 1. The molecule has 0 unspecified atom stereocenters. The summed E-state index contributed by atoms with van der Waals surface area (Å²) in [7, 11) is 0. The summed E-state index contributed by atoms with van der Waals surface area (Å²) in [5, 5.41) is 6.43. The van der Waals surface area contributed by atoms with Gasteiger partial charge in [0.2, 0.25) is 11.7 Å². The number of rotatable bonds is 5. The first-order valence-electron chi connectivity index (χ1n) is 7.56. The van der Waals surface area contributed by atoms with Crippen molar-refractivity contribution in [3.05, 3.63) is 42.3 Å². The Balaban J connectivity index is 2.11. The van der Waals surface area contributed by atoms with Crippen LogP contribution < -0.4 is 5.32 Å². The highest BCUT2D eigenvalue weighted by Crippen LogP contribution is 2.20. The van der Waals surface area contributed by atoms with Gasteiger partial charge < -0.3 is 14.7 Å². The quantitative estimate of drug-likeness (QED) is 0.672. The Labute approximate surface area is 140 Å². The van der Waals surface area contributed by atoms with E-state index in [0.29, 0.717) is 36.1 Å². The van der Waals surface area contributed by atoms with Gasteiger partial charge in [-0.3, -0.25) is 9.59 Å². The molecule has 7 nitrogen and oxygen atoms in total. The minimum atomic E-state index is -0.695. The van der Waals surface area contributed by atoms with Gasteiger partial charge in [-0.25, -0.2) is 0 Å². The monoisotopic (exact) mass is 328 g/mol. The third kappa shape index (κ3) is 4.28. The van der Waals surface area contributed by atoms with Crippen molar-refractivity contribution in [1.29, 1.82) is 0 Å². The van der Waals surface area contributed by atoms with Crippen LogP contribution >= 0.6 is 0 Å². The van der Waals surface area contributed by atoms with Crippen molar-refractivity contribution < 1.29 is 14.1 Å². The molecule has 0 aliphatic rings. The molecule has 1 heterocycles. The van der Waals surface area contributed by atoms with E-state index in [1.165, 1.54) is 4.90 Å². The van der Waals surface area contributed by atoms with Crippen molar-refractivity contribution in [3.8, 4) is 11.4 Å². The second-order valence-electron chi connectivity index (χ2n) is 5.45. The summed E-state index contributed by atoms with van der Waals surface area (Å²) >= 11 is 0. The van der Waals surface area contributed by atoms with Gasteiger partial charge >= 0.3 is 11.8 Å². The molecule has 2 amide bonds. The zero-order chi connectivity index (χ0) is 17.7. The van der Waals surface area contributed by atoms with Crippen LogP contribution in [0.15, 0.2) is 40.9 Å². The smallest absolute Gasteiger partial charge is 0.313 e. The highest BCUT2D eigenvalue weighted by Gasteiger charge is 2.20. The average Bonchev–Trinajstić information content (AvgIpc) is 2.98. The highest BCUT2D eigenvalue weighted by molar-refractivity contribution is 6.39. The van der Waals surface area contributed by atoms with E-state index < -0.39 is 11.8 Å². The Bertz CT molecular complexity index is 767. The van der Waals surface area contributed by atoms with Crippen LogP contribution in [0.4, 0.5) is 5.69 Å². The van der Waals surface area contributed by atoms with Crippen LogP contribution in [-0.2, 0) is 9.59 Å². The van der Waals surface area contributed by atoms with Gasteiger partial charge in [0.15, 0.2) is 0 Å². The third-order valence-electron chi connectivity index (χ3n) is 3.23. The van der Waals surface area contributed by atoms with Gasteiger partial charge in [0.1, 0.15) is 0 Å². The highest BCUT2D eigenvalue weighted by atomic mass is 16.5. The third-order valence-corrected chi connectivity index (χ3v) is 3.23. The normalized spacial score (nSPS) is 10.3. The topological polar surface area (TPSA) is 88.3 Å². The lowest BCUT2D eigenvalue weighted by Gasteiger charge is -2.20. The zero-order valence-corrected chi connectivity index (χ0v) is 14.0. The molecule has 2 aromatic rings. The first-order chi connectivity index (χ1) is 11.4. The number of aromatic nitrogens is 2.